The molecule has 0 spiro atoms. The van der Waals surface area contributed by atoms with Gasteiger partial charge in [0.2, 0.25) is 0 Å². The standard InChI is InChI=1S/C9H14ClN3O/c1-14-8-7-13(6-4-10)9-3-2-5-11-12-9/h2-3,5H,4,6-8H2,1H3. The van der Waals surface area contributed by atoms with Gasteiger partial charge < -0.3 is 9.64 Å². The van der Waals surface area contributed by atoms with Crippen LogP contribution < -0.4 is 4.90 Å². The first-order valence-corrected chi connectivity index (χ1v) is 4.99. The molecule has 0 N–H and O–H groups in total. The maximum Gasteiger partial charge on any atom is 0.151 e. The van der Waals surface area contributed by atoms with Crippen LogP contribution in [-0.4, -0.2) is 42.9 Å². The molecule has 0 saturated heterocycles. The van der Waals surface area contributed by atoms with Crippen LogP contribution in [-0.2, 0) is 4.74 Å². The molecule has 0 radical (unpaired) electrons. The Morgan fingerprint density at radius 3 is 2.93 bits per heavy atom. The summed E-state index contributed by atoms with van der Waals surface area (Å²) in [5.41, 5.74) is 0. The van der Waals surface area contributed by atoms with E-state index in [-0.39, 0.29) is 0 Å². The molecule has 1 heterocycles. The summed E-state index contributed by atoms with van der Waals surface area (Å²) in [5.74, 6) is 1.41. The first-order chi connectivity index (χ1) is 6.88. The minimum Gasteiger partial charge on any atom is -0.383 e. The van der Waals surface area contributed by atoms with Gasteiger partial charge in [0.25, 0.3) is 0 Å². The van der Waals surface area contributed by atoms with Crippen molar-refractivity contribution in [1.29, 1.82) is 0 Å². The van der Waals surface area contributed by atoms with E-state index < -0.39 is 0 Å². The number of anilines is 1. The number of aromatic nitrogens is 2. The van der Waals surface area contributed by atoms with Gasteiger partial charge in [-0.15, -0.1) is 16.7 Å². The molecule has 1 rings (SSSR count). The Morgan fingerprint density at radius 1 is 1.50 bits per heavy atom. The number of ether oxygens (including phenoxy) is 1. The van der Waals surface area contributed by atoms with Gasteiger partial charge in [0.15, 0.2) is 5.82 Å². The molecule has 4 nitrogen and oxygen atoms in total. The first-order valence-electron chi connectivity index (χ1n) is 4.46. The maximum absolute atomic E-state index is 5.69. The molecule has 0 aliphatic carbocycles. The van der Waals surface area contributed by atoms with Crippen molar-refractivity contribution in [3.63, 3.8) is 0 Å². The normalized spacial score (nSPS) is 10.1. The highest BCUT2D eigenvalue weighted by Gasteiger charge is 2.05. The van der Waals surface area contributed by atoms with Crippen molar-refractivity contribution in [3.05, 3.63) is 18.3 Å². The number of hydrogen-bond donors (Lipinski definition) is 0. The second-order valence-electron chi connectivity index (χ2n) is 2.75. The molecule has 14 heavy (non-hydrogen) atoms. The number of rotatable bonds is 6. The van der Waals surface area contributed by atoms with Crippen LogP contribution in [0.5, 0.6) is 0 Å². The molecule has 0 bridgehead atoms. The lowest BCUT2D eigenvalue weighted by Crippen LogP contribution is -2.30. The zero-order valence-corrected chi connectivity index (χ0v) is 8.94. The number of hydrogen-bond acceptors (Lipinski definition) is 4. The molecule has 0 amide bonds. The van der Waals surface area contributed by atoms with Crippen molar-refractivity contribution in [1.82, 2.24) is 10.2 Å². The van der Waals surface area contributed by atoms with E-state index in [9.17, 15) is 0 Å². The van der Waals surface area contributed by atoms with Crippen LogP contribution in [0.2, 0.25) is 0 Å². The van der Waals surface area contributed by atoms with Crippen LogP contribution in [0.15, 0.2) is 18.3 Å². The third-order valence-electron chi connectivity index (χ3n) is 1.80. The summed E-state index contributed by atoms with van der Waals surface area (Å²) in [6.45, 7) is 2.19. The molecule has 1 aromatic rings. The van der Waals surface area contributed by atoms with Gasteiger partial charge in [0.1, 0.15) is 0 Å². The molecule has 0 fully saturated rings. The molecular formula is C9H14ClN3O. The number of halogens is 1. The lowest BCUT2D eigenvalue weighted by Gasteiger charge is -2.21. The number of alkyl halides is 1. The minimum absolute atomic E-state index is 0.570. The largest absolute Gasteiger partial charge is 0.383 e. The summed E-state index contributed by atoms with van der Waals surface area (Å²) in [7, 11) is 1.68. The fourth-order valence-corrected chi connectivity index (χ4v) is 1.31. The van der Waals surface area contributed by atoms with E-state index in [1.54, 1.807) is 13.3 Å². The van der Waals surface area contributed by atoms with Crippen molar-refractivity contribution >= 4 is 17.4 Å². The van der Waals surface area contributed by atoms with Gasteiger partial charge in [-0.2, -0.15) is 5.10 Å². The Morgan fingerprint density at radius 2 is 2.36 bits per heavy atom. The molecule has 0 saturated carbocycles. The van der Waals surface area contributed by atoms with E-state index in [0.29, 0.717) is 12.5 Å². The molecule has 0 aromatic carbocycles. The zero-order chi connectivity index (χ0) is 10.2. The van der Waals surface area contributed by atoms with E-state index in [1.807, 2.05) is 17.0 Å². The SMILES string of the molecule is COCCN(CCCl)c1cccnn1. The molecule has 5 heteroatoms. The highest BCUT2D eigenvalue weighted by atomic mass is 35.5. The average molecular weight is 216 g/mol. The third-order valence-corrected chi connectivity index (χ3v) is 1.97. The van der Waals surface area contributed by atoms with Gasteiger partial charge in [-0.05, 0) is 12.1 Å². The summed E-state index contributed by atoms with van der Waals surface area (Å²) in [5, 5.41) is 7.83. The van der Waals surface area contributed by atoms with Gasteiger partial charge in [-0.1, -0.05) is 0 Å². The summed E-state index contributed by atoms with van der Waals surface area (Å²) in [6.07, 6.45) is 1.65. The number of nitrogens with zero attached hydrogens (tertiary/aromatic N) is 3. The topological polar surface area (TPSA) is 38.2 Å². The fourth-order valence-electron chi connectivity index (χ4n) is 1.11. The smallest absolute Gasteiger partial charge is 0.151 e. The maximum atomic E-state index is 5.69. The second kappa shape index (κ2) is 6.56. The van der Waals surface area contributed by atoms with E-state index >= 15 is 0 Å². The minimum atomic E-state index is 0.570. The van der Waals surface area contributed by atoms with Gasteiger partial charge in [-0.25, -0.2) is 0 Å². The quantitative estimate of drug-likeness (QED) is 0.668. The van der Waals surface area contributed by atoms with Crippen molar-refractivity contribution in [3.8, 4) is 0 Å². The van der Waals surface area contributed by atoms with E-state index in [4.69, 9.17) is 16.3 Å². The third kappa shape index (κ3) is 3.47. The Bertz CT molecular complexity index is 245. The molecule has 0 unspecified atom stereocenters. The highest BCUT2D eigenvalue weighted by Crippen LogP contribution is 2.07. The Kier molecular flexibility index (Phi) is 5.25. The van der Waals surface area contributed by atoms with Crippen LogP contribution in [0.1, 0.15) is 0 Å². The van der Waals surface area contributed by atoms with Gasteiger partial charge in [0.05, 0.1) is 6.61 Å². The van der Waals surface area contributed by atoms with Crippen LogP contribution >= 0.6 is 11.6 Å². The monoisotopic (exact) mass is 215 g/mol. The van der Waals surface area contributed by atoms with Crippen LogP contribution in [0.25, 0.3) is 0 Å². The Labute approximate surface area is 88.8 Å². The molecule has 78 valence electrons. The van der Waals surface area contributed by atoms with Gasteiger partial charge >= 0.3 is 0 Å². The molecule has 0 atom stereocenters. The molecule has 0 aliphatic rings. The van der Waals surface area contributed by atoms with Gasteiger partial charge in [-0.3, -0.25) is 0 Å². The van der Waals surface area contributed by atoms with Gasteiger partial charge in [0, 0.05) is 32.3 Å². The highest BCUT2D eigenvalue weighted by molar-refractivity contribution is 6.18. The van der Waals surface area contributed by atoms with E-state index in [0.717, 1.165) is 18.9 Å². The zero-order valence-electron chi connectivity index (χ0n) is 8.19. The van der Waals surface area contributed by atoms with Crippen molar-refractivity contribution in [2.45, 2.75) is 0 Å². The molecular weight excluding hydrogens is 202 g/mol. The second-order valence-corrected chi connectivity index (χ2v) is 3.13. The van der Waals surface area contributed by atoms with Crippen molar-refractivity contribution in [2.75, 3.05) is 37.6 Å². The Balaban J connectivity index is 2.58. The van der Waals surface area contributed by atoms with Crippen LogP contribution in [0.4, 0.5) is 5.82 Å². The van der Waals surface area contributed by atoms with Crippen LogP contribution in [0.3, 0.4) is 0 Å². The predicted molar refractivity (Wildman–Crippen MR) is 56.8 cm³/mol. The number of methoxy groups -OCH3 is 1. The summed E-state index contributed by atoms with van der Waals surface area (Å²) in [6, 6.07) is 3.77. The molecule has 0 aliphatic heterocycles. The Hall–Kier alpha value is -0.870. The van der Waals surface area contributed by atoms with Crippen molar-refractivity contribution in [2.24, 2.45) is 0 Å². The summed E-state index contributed by atoms with van der Waals surface area (Å²) >= 11 is 5.69. The summed E-state index contributed by atoms with van der Waals surface area (Å²) < 4.78 is 5.01. The molecule has 1 aromatic heterocycles. The van der Waals surface area contributed by atoms with Crippen LogP contribution in [0, 0.1) is 0 Å². The van der Waals surface area contributed by atoms with Crippen molar-refractivity contribution < 1.29 is 4.74 Å². The summed E-state index contributed by atoms with van der Waals surface area (Å²) in [4.78, 5) is 2.05. The fraction of sp³-hybridized carbons (Fsp3) is 0.556. The predicted octanol–water partition coefficient (Wildman–Crippen LogP) is 1.17. The van der Waals surface area contributed by atoms with E-state index in [1.165, 1.54) is 0 Å². The average Bonchev–Trinajstić information content (AvgIpc) is 2.25. The lowest BCUT2D eigenvalue weighted by atomic mass is 10.4. The first kappa shape index (κ1) is 11.2. The van der Waals surface area contributed by atoms with E-state index in [2.05, 4.69) is 10.2 Å². The lowest BCUT2D eigenvalue weighted by molar-refractivity contribution is 0.205.